The largest absolute Gasteiger partial charge is 0.360 e. The first-order valence-corrected chi connectivity index (χ1v) is 9.62. The minimum Gasteiger partial charge on any atom is -0.360 e. The minimum absolute atomic E-state index is 0.121. The lowest BCUT2D eigenvalue weighted by Gasteiger charge is -2.07. The number of carbonyl (C=O) groups excluding carboxylic acids is 3. The van der Waals surface area contributed by atoms with E-state index >= 15 is 0 Å². The number of thioether (sulfide) groups is 1. The Labute approximate surface area is 161 Å². The van der Waals surface area contributed by atoms with Gasteiger partial charge in [-0.25, -0.2) is 0 Å². The molecule has 0 unspecified atom stereocenters. The zero-order chi connectivity index (χ0) is 19.6. The van der Waals surface area contributed by atoms with E-state index in [1.165, 1.54) is 11.8 Å². The Morgan fingerprint density at radius 1 is 1.07 bits per heavy atom. The molecule has 1 aromatic heterocycles. The summed E-state index contributed by atoms with van der Waals surface area (Å²) in [4.78, 5) is 35.5. The van der Waals surface area contributed by atoms with Crippen LogP contribution in [-0.4, -0.2) is 40.9 Å². The van der Waals surface area contributed by atoms with Crippen molar-refractivity contribution in [2.75, 3.05) is 28.7 Å². The highest BCUT2D eigenvalue weighted by Crippen LogP contribution is 2.12. The van der Waals surface area contributed by atoms with Crippen LogP contribution in [0.15, 0.2) is 34.9 Å². The normalized spacial score (nSPS) is 10.3. The highest BCUT2D eigenvalue weighted by Gasteiger charge is 2.09. The van der Waals surface area contributed by atoms with Gasteiger partial charge >= 0.3 is 0 Å². The van der Waals surface area contributed by atoms with Gasteiger partial charge in [0.15, 0.2) is 5.82 Å². The standard InChI is InChI=1S/C18H22N4O4S/c1-3-8-19-18(25)13-4-6-14(7-5-13)20-16(23)10-27-11-17(24)21-15-9-12(2)26-22-15/h4-7,9H,3,8,10-11H2,1-2H3,(H,19,25)(H,20,23)(H,21,22,24). The fourth-order valence-corrected chi connectivity index (χ4v) is 2.70. The van der Waals surface area contributed by atoms with E-state index in [2.05, 4.69) is 21.1 Å². The molecule has 2 rings (SSSR count). The Balaban J connectivity index is 1.70. The van der Waals surface area contributed by atoms with E-state index in [0.29, 0.717) is 29.4 Å². The molecule has 1 heterocycles. The summed E-state index contributed by atoms with van der Waals surface area (Å²) in [5, 5.41) is 11.8. The number of nitrogens with one attached hydrogen (secondary N) is 3. The summed E-state index contributed by atoms with van der Waals surface area (Å²) in [7, 11) is 0. The zero-order valence-electron chi connectivity index (χ0n) is 15.2. The number of aryl methyl sites for hydroxylation is 1. The number of amides is 3. The van der Waals surface area contributed by atoms with Crippen LogP contribution in [-0.2, 0) is 9.59 Å². The van der Waals surface area contributed by atoms with Crippen LogP contribution < -0.4 is 16.0 Å². The molecule has 8 nitrogen and oxygen atoms in total. The lowest BCUT2D eigenvalue weighted by atomic mass is 10.2. The van der Waals surface area contributed by atoms with E-state index in [1.807, 2.05) is 6.92 Å². The number of rotatable bonds is 9. The molecular formula is C18H22N4O4S. The van der Waals surface area contributed by atoms with Crippen molar-refractivity contribution >= 4 is 41.0 Å². The Morgan fingerprint density at radius 2 is 1.74 bits per heavy atom. The van der Waals surface area contributed by atoms with Crippen molar-refractivity contribution in [3.05, 3.63) is 41.7 Å². The van der Waals surface area contributed by atoms with Crippen LogP contribution in [0.25, 0.3) is 0 Å². The fourth-order valence-electron chi connectivity index (χ4n) is 2.08. The summed E-state index contributed by atoms with van der Waals surface area (Å²) in [5.74, 6) is 0.576. The maximum atomic E-state index is 11.9. The summed E-state index contributed by atoms with van der Waals surface area (Å²) in [6.07, 6.45) is 0.869. The molecule has 0 aliphatic rings. The van der Waals surface area contributed by atoms with Crippen molar-refractivity contribution in [3.8, 4) is 0 Å². The first-order valence-electron chi connectivity index (χ1n) is 8.47. The molecule has 27 heavy (non-hydrogen) atoms. The lowest BCUT2D eigenvalue weighted by molar-refractivity contribution is -0.114. The molecule has 0 atom stereocenters. The van der Waals surface area contributed by atoms with Gasteiger partial charge in [0.05, 0.1) is 11.5 Å². The van der Waals surface area contributed by atoms with E-state index in [4.69, 9.17) is 4.52 Å². The van der Waals surface area contributed by atoms with Crippen molar-refractivity contribution in [2.45, 2.75) is 20.3 Å². The van der Waals surface area contributed by atoms with Gasteiger partial charge in [-0.2, -0.15) is 0 Å². The number of carbonyl (C=O) groups is 3. The molecule has 0 fully saturated rings. The van der Waals surface area contributed by atoms with Crippen molar-refractivity contribution in [2.24, 2.45) is 0 Å². The van der Waals surface area contributed by atoms with Crippen molar-refractivity contribution in [1.29, 1.82) is 0 Å². The van der Waals surface area contributed by atoms with Gasteiger partial charge in [0, 0.05) is 23.9 Å². The van der Waals surface area contributed by atoms with Crippen LogP contribution in [0, 0.1) is 6.92 Å². The van der Waals surface area contributed by atoms with Gasteiger partial charge in [-0.15, -0.1) is 11.8 Å². The minimum atomic E-state index is -0.261. The van der Waals surface area contributed by atoms with Gasteiger partial charge in [0.25, 0.3) is 5.91 Å². The lowest BCUT2D eigenvalue weighted by Crippen LogP contribution is -2.24. The van der Waals surface area contributed by atoms with E-state index in [-0.39, 0.29) is 29.2 Å². The third-order valence-corrected chi connectivity index (χ3v) is 4.26. The van der Waals surface area contributed by atoms with Gasteiger partial charge < -0.3 is 20.5 Å². The predicted octanol–water partition coefficient (Wildman–Crippen LogP) is 2.43. The van der Waals surface area contributed by atoms with E-state index in [9.17, 15) is 14.4 Å². The monoisotopic (exact) mass is 390 g/mol. The SMILES string of the molecule is CCCNC(=O)c1ccc(NC(=O)CSCC(=O)Nc2cc(C)on2)cc1. The van der Waals surface area contributed by atoms with Gasteiger partial charge in [0.1, 0.15) is 5.76 Å². The van der Waals surface area contributed by atoms with Crippen molar-refractivity contribution in [1.82, 2.24) is 10.5 Å². The van der Waals surface area contributed by atoms with Crippen LogP contribution in [0.5, 0.6) is 0 Å². The number of hydrogen-bond donors (Lipinski definition) is 3. The highest BCUT2D eigenvalue weighted by molar-refractivity contribution is 8.00. The maximum Gasteiger partial charge on any atom is 0.251 e. The number of anilines is 2. The van der Waals surface area contributed by atoms with Gasteiger partial charge in [0.2, 0.25) is 11.8 Å². The highest BCUT2D eigenvalue weighted by atomic mass is 32.2. The third kappa shape index (κ3) is 7.14. The molecule has 0 saturated carbocycles. The van der Waals surface area contributed by atoms with E-state index < -0.39 is 0 Å². The van der Waals surface area contributed by atoms with Gasteiger partial charge in [-0.3, -0.25) is 14.4 Å². The summed E-state index contributed by atoms with van der Waals surface area (Å²) >= 11 is 1.19. The molecule has 0 radical (unpaired) electrons. The van der Waals surface area contributed by atoms with Crippen molar-refractivity contribution in [3.63, 3.8) is 0 Å². The summed E-state index contributed by atoms with van der Waals surface area (Å²) in [6.45, 7) is 4.33. The van der Waals surface area contributed by atoms with Crippen molar-refractivity contribution < 1.29 is 18.9 Å². The Morgan fingerprint density at radius 3 is 2.33 bits per heavy atom. The molecular weight excluding hydrogens is 368 g/mol. The fraction of sp³-hybridized carbons (Fsp3) is 0.333. The smallest absolute Gasteiger partial charge is 0.251 e. The quantitative estimate of drug-likeness (QED) is 0.606. The molecule has 9 heteroatoms. The van der Waals surface area contributed by atoms with E-state index in [1.54, 1.807) is 37.3 Å². The average Bonchev–Trinajstić information content (AvgIpc) is 3.04. The second kappa shape index (κ2) is 10.4. The van der Waals surface area contributed by atoms with Gasteiger partial charge in [-0.05, 0) is 37.6 Å². The molecule has 144 valence electrons. The molecule has 3 N–H and O–H groups in total. The Bertz CT molecular complexity index is 789. The molecule has 0 saturated heterocycles. The number of aromatic nitrogens is 1. The second-order valence-electron chi connectivity index (χ2n) is 5.75. The topological polar surface area (TPSA) is 113 Å². The Hall–Kier alpha value is -2.81. The van der Waals surface area contributed by atoms with Gasteiger partial charge in [-0.1, -0.05) is 12.1 Å². The first kappa shape index (κ1) is 20.5. The number of nitrogens with zero attached hydrogens (tertiary/aromatic N) is 1. The average molecular weight is 390 g/mol. The molecule has 2 aromatic rings. The molecule has 1 aromatic carbocycles. The van der Waals surface area contributed by atoms with Crippen LogP contribution >= 0.6 is 11.8 Å². The number of hydrogen-bond acceptors (Lipinski definition) is 6. The predicted molar refractivity (Wildman–Crippen MR) is 105 cm³/mol. The third-order valence-electron chi connectivity index (χ3n) is 3.33. The molecule has 0 spiro atoms. The maximum absolute atomic E-state index is 11.9. The van der Waals surface area contributed by atoms with Crippen LogP contribution in [0.3, 0.4) is 0 Å². The first-order chi connectivity index (χ1) is 13.0. The second-order valence-corrected chi connectivity index (χ2v) is 6.73. The zero-order valence-corrected chi connectivity index (χ0v) is 16.0. The number of benzene rings is 1. The van der Waals surface area contributed by atoms with Crippen LogP contribution in [0.2, 0.25) is 0 Å². The van der Waals surface area contributed by atoms with E-state index in [0.717, 1.165) is 6.42 Å². The molecule has 0 aliphatic carbocycles. The van der Waals surface area contributed by atoms with Crippen LogP contribution in [0.1, 0.15) is 29.5 Å². The molecule has 0 aliphatic heterocycles. The molecule has 3 amide bonds. The summed E-state index contributed by atoms with van der Waals surface area (Å²) < 4.78 is 4.86. The summed E-state index contributed by atoms with van der Waals surface area (Å²) in [5.41, 5.74) is 1.13. The Kier molecular flexibility index (Phi) is 7.87. The summed E-state index contributed by atoms with van der Waals surface area (Å²) in [6, 6.07) is 8.26. The molecule has 0 bridgehead atoms. The van der Waals surface area contributed by atoms with Crippen LogP contribution in [0.4, 0.5) is 11.5 Å².